The largest absolute Gasteiger partial charge is 0.399 e. The summed E-state index contributed by atoms with van der Waals surface area (Å²) < 4.78 is 0. The van der Waals surface area contributed by atoms with E-state index < -0.39 is 0 Å². The van der Waals surface area contributed by atoms with Crippen molar-refractivity contribution in [1.29, 1.82) is 0 Å². The summed E-state index contributed by atoms with van der Waals surface area (Å²) in [6, 6.07) is 17.1. The highest BCUT2D eigenvalue weighted by atomic mass is 16.2. The molecular weight excluding hydrogens is 236 g/mol. The van der Waals surface area contributed by atoms with Crippen LogP contribution in [0.3, 0.4) is 0 Å². The zero-order chi connectivity index (χ0) is 13.8. The molecule has 0 fully saturated rings. The van der Waals surface area contributed by atoms with Gasteiger partial charge in [-0.1, -0.05) is 36.4 Å². The van der Waals surface area contributed by atoms with E-state index in [4.69, 9.17) is 5.73 Å². The summed E-state index contributed by atoms with van der Waals surface area (Å²) in [4.78, 5) is 14.1. The summed E-state index contributed by atoms with van der Waals surface area (Å²) in [7, 11) is 1.77. The lowest BCUT2D eigenvalue weighted by atomic mass is 10.00. The van der Waals surface area contributed by atoms with Crippen molar-refractivity contribution in [2.75, 3.05) is 17.7 Å². The maximum atomic E-state index is 12.4. The van der Waals surface area contributed by atoms with Gasteiger partial charge in [-0.2, -0.15) is 0 Å². The van der Waals surface area contributed by atoms with Gasteiger partial charge in [-0.25, -0.2) is 0 Å². The monoisotopic (exact) mass is 254 g/mol. The topological polar surface area (TPSA) is 46.3 Å². The molecule has 0 radical (unpaired) electrons. The molecule has 3 heteroatoms. The van der Waals surface area contributed by atoms with E-state index in [0.29, 0.717) is 5.69 Å². The molecule has 1 atom stereocenters. The van der Waals surface area contributed by atoms with Crippen LogP contribution < -0.4 is 10.6 Å². The molecule has 0 aliphatic carbocycles. The Morgan fingerprint density at radius 2 is 1.79 bits per heavy atom. The van der Waals surface area contributed by atoms with Gasteiger partial charge in [0, 0.05) is 18.4 Å². The number of anilines is 2. The first-order chi connectivity index (χ1) is 9.09. The average molecular weight is 254 g/mol. The van der Waals surface area contributed by atoms with Gasteiger partial charge < -0.3 is 10.6 Å². The van der Waals surface area contributed by atoms with Gasteiger partial charge >= 0.3 is 0 Å². The van der Waals surface area contributed by atoms with Crippen LogP contribution in [0.15, 0.2) is 54.6 Å². The third-order valence-corrected chi connectivity index (χ3v) is 3.26. The number of nitrogens with two attached hydrogens (primary N) is 1. The van der Waals surface area contributed by atoms with Gasteiger partial charge in [0.2, 0.25) is 5.91 Å². The lowest BCUT2D eigenvalue weighted by molar-refractivity contribution is -0.119. The molecule has 0 aromatic heterocycles. The molecule has 0 heterocycles. The molecule has 3 nitrogen and oxygen atoms in total. The van der Waals surface area contributed by atoms with Gasteiger partial charge in [-0.3, -0.25) is 4.79 Å². The number of carbonyl (C=O) groups excluding carboxylic acids is 1. The second-order valence-corrected chi connectivity index (χ2v) is 4.62. The molecule has 0 aliphatic rings. The first-order valence-electron chi connectivity index (χ1n) is 6.27. The van der Waals surface area contributed by atoms with Gasteiger partial charge in [0.05, 0.1) is 5.92 Å². The van der Waals surface area contributed by atoms with Crippen LogP contribution in [-0.2, 0) is 4.79 Å². The lowest BCUT2D eigenvalue weighted by Crippen LogP contribution is -2.30. The van der Waals surface area contributed by atoms with Gasteiger partial charge in [0.15, 0.2) is 0 Å². The molecule has 2 aromatic rings. The predicted molar refractivity (Wildman–Crippen MR) is 79.1 cm³/mol. The van der Waals surface area contributed by atoms with Crippen LogP contribution in [-0.4, -0.2) is 13.0 Å². The second kappa shape index (κ2) is 5.57. The summed E-state index contributed by atoms with van der Waals surface area (Å²) in [5.41, 5.74) is 8.23. The minimum atomic E-state index is -0.173. The fourth-order valence-electron chi connectivity index (χ4n) is 2.04. The van der Waals surface area contributed by atoms with Crippen LogP contribution >= 0.6 is 0 Å². The highest BCUT2D eigenvalue weighted by Gasteiger charge is 2.20. The molecule has 0 saturated carbocycles. The quantitative estimate of drug-likeness (QED) is 0.856. The van der Waals surface area contributed by atoms with Gasteiger partial charge in [-0.15, -0.1) is 0 Å². The summed E-state index contributed by atoms with van der Waals surface area (Å²) in [5.74, 6) is -0.121. The SMILES string of the molecule is CC(C(=O)N(C)c1cccc(N)c1)c1ccccc1. The van der Waals surface area contributed by atoms with Crippen molar-refractivity contribution in [1.82, 2.24) is 0 Å². The van der Waals surface area contributed by atoms with Crippen molar-refractivity contribution in [2.24, 2.45) is 0 Å². The van der Waals surface area contributed by atoms with Crippen LogP contribution in [0.2, 0.25) is 0 Å². The maximum Gasteiger partial charge on any atom is 0.233 e. The molecule has 19 heavy (non-hydrogen) atoms. The number of carbonyl (C=O) groups is 1. The molecule has 1 unspecified atom stereocenters. The van der Waals surface area contributed by atoms with Gasteiger partial charge in [-0.05, 0) is 30.7 Å². The average Bonchev–Trinajstić information content (AvgIpc) is 2.46. The number of likely N-dealkylation sites (N-methyl/N-ethyl adjacent to an activating group) is 1. The fraction of sp³-hybridized carbons (Fsp3) is 0.188. The van der Waals surface area contributed by atoms with E-state index in [0.717, 1.165) is 11.3 Å². The third kappa shape index (κ3) is 2.94. The fourth-order valence-corrected chi connectivity index (χ4v) is 2.04. The molecule has 2 rings (SSSR count). The lowest BCUT2D eigenvalue weighted by Gasteiger charge is -2.22. The van der Waals surface area contributed by atoms with Gasteiger partial charge in [0.25, 0.3) is 0 Å². The first-order valence-corrected chi connectivity index (χ1v) is 6.27. The maximum absolute atomic E-state index is 12.4. The smallest absolute Gasteiger partial charge is 0.233 e. The number of hydrogen-bond acceptors (Lipinski definition) is 2. The Morgan fingerprint density at radius 1 is 1.11 bits per heavy atom. The number of nitrogen functional groups attached to an aromatic ring is 1. The number of hydrogen-bond donors (Lipinski definition) is 1. The zero-order valence-corrected chi connectivity index (χ0v) is 11.2. The molecule has 98 valence electrons. The molecule has 0 aliphatic heterocycles. The summed E-state index contributed by atoms with van der Waals surface area (Å²) >= 11 is 0. The van der Waals surface area contributed by atoms with Gasteiger partial charge in [0.1, 0.15) is 0 Å². The van der Waals surface area contributed by atoms with E-state index >= 15 is 0 Å². The van der Waals surface area contributed by atoms with Crippen molar-refractivity contribution in [2.45, 2.75) is 12.8 Å². The van der Waals surface area contributed by atoms with Crippen LogP contribution in [0.25, 0.3) is 0 Å². The number of amides is 1. The van der Waals surface area contributed by atoms with E-state index in [9.17, 15) is 4.79 Å². The van der Waals surface area contributed by atoms with E-state index in [1.54, 1.807) is 18.0 Å². The first kappa shape index (κ1) is 13.1. The molecule has 2 N–H and O–H groups in total. The Morgan fingerprint density at radius 3 is 2.42 bits per heavy atom. The third-order valence-electron chi connectivity index (χ3n) is 3.26. The standard InChI is InChI=1S/C16H18N2O/c1-12(13-7-4-3-5-8-13)16(19)18(2)15-10-6-9-14(17)11-15/h3-12H,17H2,1-2H3. The minimum absolute atomic E-state index is 0.0526. The van der Waals surface area contributed by atoms with E-state index in [1.165, 1.54) is 0 Å². The predicted octanol–water partition coefficient (Wildman–Crippen LogP) is 3.04. The Kier molecular flexibility index (Phi) is 3.85. The van der Waals surface area contributed by atoms with Crippen molar-refractivity contribution in [3.8, 4) is 0 Å². The molecule has 0 spiro atoms. The van der Waals surface area contributed by atoms with Crippen LogP contribution in [0, 0.1) is 0 Å². The van der Waals surface area contributed by atoms with E-state index in [2.05, 4.69) is 0 Å². The number of benzene rings is 2. The van der Waals surface area contributed by atoms with Crippen molar-refractivity contribution < 1.29 is 4.79 Å². The summed E-state index contributed by atoms with van der Waals surface area (Å²) in [6.45, 7) is 1.92. The summed E-state index contributed by atoms with van der Waals surface area (Å²) in [5, 5.41) is 0. The molecule has 2 aromatic carbocycles. The van der Waals surface area contributed by atoms with Crippen molar-refractivity contribution in [3.63, 3.8) is 0 Å². The molecule has 1 amide bonds. The van der Waals surface area contributed by atoms with Crippen molar-refractivity contribution >= 4 is 17.3 Å². The van der Waals surface area contributed by atoms with E-state index in [1.807, 2.05) is 55.5 Å². The molecule has 0 saturated heterocycles. The molecule has 0 bridgehead atoms. The van der Waals surface area contributed by atoms with E-state index in [-0.39, 0.29) is 11.8 Å². The zero-order valence-electron chi connectivity index (χ0n) is 11.2. The Bertz CT molecular complexity index is 566. The van der Waals surface area contributed by atoms with Crippen LogP contribution in [0.1, 0.15) is 18.4 Å². The van der Waals surface area contributed by atoms with Crippen LogP contribution in [0.5, 0.6) is 0 Å². The highest BCUT2D eigenvalue weighted by molar-refractivity contribution is 5.97. The second-order valence-electron chi connectivity index (χ2n) is 4.62. The minimum Gasteiger partial charge on any atom is -0.399 e. The highest BCUT2D eigenvalue weighted by Crippen LogP contribution is 2.22. The number of nitrogens with zero attached hydrogens (tertiary/aromatic N) is 1. The summed E-state index contributed by atoms with van der Waals surface area (Å²) in [6.07, 6.45) is 0. The normalized spacial score (nSPS) is 11.9. The van der Waals surface area contributed by atoms with Crippen LogP contribution in [0.4, 0.5) is 11.4 Å². The van der Waals surface area contributed by atoms with Crippen molar-refractivity contribution in [3.05, 3.63) is 60.2 Å². The Hall–Kier alpha value is -2.29. The molecular formula is C16H18N2O. The Balaban J connectivity index is 2.20. The number of rotatable bonds is 3. The Labute approximate surface area is 113 Å².